The number of nitrogens with zero attached hydrogens (tertiary/aromatic N) is 3. The van der Waals surface area contributed by atoms with E-state index in [4.69, 9.17) is 26.1 Å². The van der Waals surface area contributed by atoms with Crippen molar-refractivity contribution in [2.24, 2.45) is 4.99 Å². The summed E-state index contributed by atoms with van der Waals surface area (Å²) < 4.78 is 29.8. The second kappa shape index (κ2) is 10.9. The Morgan fingerprint density at radius 2 is 1.80 bits per heavy atom. The van der Waals surface area contributed by atoms with E-state index in [2.05, 4.69) is 18.2 Å². The summed E-state index contributed by atoms with van der Waals surface area (Å²) in [6, 6.07) is 20.6. The van der Waals surface area contributed by atoms with Crippen molar-refractivity contribution < 1.29 is 13.9 Å². The summed E-state index contributed by atoms with van der Waals surface area (Å²) in [6.07, 6.45) is 3.57. The van der Waals surface area contributed by atoms with Gasteiger partial charge in [0.15, 0.2) is 16.3 Å². The number of thiazole rings is 1. The van der Waals surface area contributed by atoms with Crippen LogP contribution in [0.3, 0.4) is 0 Å². The first kappa shape index (κ1) is 28.4. The van der Waals surface area contributed by atoms with Crippen LogP contribution in [0.1, 0.15) is 46.1 Å². The fourth-order valence-electron chi connectivity index (χ4n) is 6.44. The number of rotatable bonds is 5. The molecule has 0 saturated heterocycles. The first-order valence-corrected chi connectivity index (χ1v) is 15.5. The van der Waals surface area contributed by atoms with Gasteiger partial charge in [0, 0.05) is 22.6 Å². The fraction of sp³-hybridized carbons (Fsp3) is 0.200. The quantitative estimate of drug-likeness (QED) is 0.223. The predicted molar refractivity (Wildman–Crippen MR) is 173 cm³/mol. The van der Waals surface area contributed by atoms with E-state index < -0.39 is 5.82 Å². The minimum absolute atomic E-state index is 0.0758. The molecule has 0 spiro atoms. The molecule has 44 heavy (non-hydrogen) atoms. The van der Waals surface area contributed by atoms with Gasteiger partial charge in [0.25, 0.3) is 5.56 Å². The van der Waals surface area contributed by atoms with Gasteiger partial charge in [0.2, 0.25) is 0 Å². The maximum Gasteiger partial charge on any atom is 0.271 e. The number of methoxy groups -OCH3 is 2. The van der Waals surface area contributed by atoms with Crippen LogP contribution < -0.4 is 24.4 Å². The molecule has 0 radical (unpaired) electrons. The van der Waals surface area contributed by atoms with Crippen LogP contribution in [0.4, 0.5) is 4.39 Å². The van der Waals surface area contributed by atoms with Gasteiger partial charge < -0.3 is 14.0 Å². The molecule has 3 aromatic carbocycles. The van der Waals surface area contributed by atoms with Crippen LogP contribution in [0, 0.1) is 19.7 Å². The molecule has 5 aromatic rings. The summed E-state index contributed by atoms with van der Waals surface area (Å²) in [5.74, 6) is 0.753. The molecule has 6 nitrogen and oxygen atoms in total. The summed E-state index contributed by atoms with van der Waals surface area (Å²) in [6.45, 7) is 3.92. The minimum Gasteiger partial charge on any atom is -0.493 e. The van der Waals surface area contributed by atoms with Crippen molar-refractivity contribution in [3.05, 3.63) is 136 Å². The van der Waals surface area contributed by atoms with Gasteiger partial charge in [-0.3, -0.25) is 9.36 Å². The first-order chi connectivity index (χ1) is 21.3. The third kappa shape index (κ3) is 4.52. The molecule has 2 aliphatic rings. The van der Waals surface area contributed by atoms with Gasteiger partial charge in [-0.2, -0.15) is 0 Å². The maximum absolute atomic E-state index is 14.3. The molecule has 1 atom stereocenters. The molecular weight excluding hydrogens is 597 g/mol. The minimum atomic E-state index is -0.479. The summed E-state index contributed by atoms with van der Waals surface area (Å²) in [5, 5.41) is 0.0758. The molecule has 1 aliphatic heterocycles. The van der Waals surface area contributed by atoms with Gasteiger partial charge in [-0.1, -0.05) is 53.3 Å². The second-order valence-corrected chi connectivity index (χ2v) is 12.4. The first-order valence-electron chi connectivity index (χ1n) is 14.3. The Kier molecular flexibility index (Phi) is 7.06. The molecule has 3 heterocycles. The standard InChI is InChI=1S/C35H29ClFN3O3S/c1-19-15-23(20(2)39(19)24-11-13-27(36)28(37)18-24)17-31-34(41)40-33(22-10-14-29(42-3)30(16-22)43-4)26-12-9-21-7-5-6-8-25(21)32(26)38-35(40)44-31/h5-8,10-11,13-18,33H,9,12H2,1-4H3/b31-17-/t33-/m0/s1. The van der Waals surface area contributed by atoms with Crippen molar-refractivity contribution >= 4 is 34.7 Å². The van der Waals surface area contributed by atoms with Gasteiger partial charge in [-0.15, -0.1) is 0 Å². The average molecular weight is 626 g/mol. The number of aryl methyl sites for hydroxylation is 2. The Labute approximate surface area is 262 Å². The number of hydrogen-bond donors (Lipinski definition) is 0. The maximum atomic E-state index is 14.3. The smallest absolute Gasteiger partial charge is 0.271 e. The van der Waals surface area contributed by atoms with E-state index in [9.17, 15) is 9.18 Å². The Balaban J connectivity index is 1.43. The van der Waals surface area contributed by atoms with Crippen molar-refractivity contribution in [1.82, 2.24) is 9.13 Å². The predicted octanol–water partition coefficient (Wildman–Crippen LogP) is 6.54. The lowest BCUT2D eigenvalue weighted by molar-refractivity contribution is 0.354. The van der Waals surface area contributed by atoms with Gasteiger partial charge in [0.1, 0.15) is 5.82 Å². The van der Waals surface area contributed by atoms with Gasteiger partial charge >= 0.3 is 0 Å². The highest BCUT2D eigenvalue weighted by molar-refractivity contribution is 7.07. The number of allylic oxidation sites excluding steroid dienone is 1. The van der Waals surface area contributed by atoms with Crippen molar-refractivity contribution in [1.29, 1.82) is 0 Å². The highest BCUT2D eigenvalue weighted by Gasteiger charge is 2.33. The van der Waals surface area contributed by atoms with Gasteiger partial charge in [-0.25, -0.2) is 9.38 Å². The van der Waals surface area contributed by atoms with Crippen molar-refractivity contribution in [3.8, 4) is 17.2 Å². The van der Waals surface area contributed by atoms with Crippen LogP contribution in [0.2, 0.25) is 5.02 Å². The lowest BCUT2D eigenvalue weighted by Gasteiger charge is -2.31. The lowest BCUT2D eigenvalue weighted by Crippen LogP contribution is -2.38. The summed E-state index contributed by atoms with van der Waals surface area (Å²) in [5.41, 5.74) is 8.57. The Morgan fingerprint density at radius 1 is 1.00 bits per heavy atom. The van der Waals surface area contributed by atoms with Crippen LogP contribution in [0.15, 0.2) is 82.1 Å². The molecule has 222 valence electrons. The molecule has 0 unspecified atom stereocenters. The van der Waals surface area contributed by atoms with E-state index in [0.717, 1.165) is 52.2 Å². The van der Waals surface area contributed by atoms with E-state index in [1.165, 1.54) is 23.0 Å². The zero-order valence-corrected chi connectivity index (χ0v) is 26.2. The highest BCUT2D eigenvalue weighted by atomic mass is 35.5. The Hall–Kier alpha value is -4.40. The Bertz CT molecular complexity index is 2190. The van der Waals surface area contributed by atoms with Crippen LogP contribution in [-0.4, -0.2) is 23.4 Å². The van der Waals surface area contributed by atoms with Crippen molar-refractivity contribution in [2.45, 2.75) is 32.7 Å². The van der Waals surface area contributed by atoms with Crippen molar-refractivity contribution in [3.63, 3.8) is 0 Å². The number of ether oxygens (including phenoxy) is 2. The number of hydrogen-bond acceptors (Lipinski definition) is 5. The van der Waals surface area contributed by atoms with Crippen LogP contribution in [-0.2, 0) is 6.42 Å². The normalized spacial score (nSPS) is 15.9. The van der Waals surface area contributed by atoms with Crippen LogP contribution in [0.25, 0.3) is 17.5 Å². The topological polar surface area (TPSA) is 57.8 Å². The average Bonchev–Trinajstić information content (AvgIpc) is 3.50. The molecule has 2 aromatic heterocycles. The molecule has 0 amide bonds. The van der Waals surface area contributed by atoms with E-state index in [1.54, 1.807) is 26.4 Å². The molecule has 0 N–H and O–H groups in total. The largest absolute Gasteiger partial charge is 0.493 e. The zero-order valence-electron chi connectivity index (χ0n) is 24.7. The third-order valence-electron chi connectivity index (χ3n) is 8.51. The molecular formula is C35H29ClFN3O3S. The molecule has 0 saturated carbocycles. The van der Waals surface area contributed by atoms with E-state index in [0.29, 0.717) is 26.5 Å². The van der Waals surface area contributed by atoms with Gasteiger partial charge in [-0.05, 0) is 91.4 Å². The Morgan fingerprint density at radius 3 is 2.57 bits per heavy atom. The van der Waals surface area contributed by atoms with Crippen molar-refractivity contribution in [2.75, 3.05) is 14.2 Å². The third-order valence-corrected chi connectivity index (χ3v) is 9.80. The van der Waals surface area contributed by atoms with Crippen LogP contribution in [0.5, 0.6) is 11.5 Å². The van der Waals surface area contributed by atoms with E-state index in [-0.39, 0.29) is 16.6 Å². The molecule has 0 bridgehead atoms. The number of benzene rings is 3. The number of halogens is 2. The lowest BCUT2D eigenvalue weighted by atomic mass is 9.83. The molecule has 1 aliphatic carbocycles. The molecule has 0 fully saturated rings. The monoisotopic (exact) mass is 625 g/mol. The second-order valence-electron chi connectivity index (χ2n) is 11.0. The number of fused-ring (bicyclic) bond motifs is 3. The molecule has 9 heteroatoms. The summed E-state index contributed by atoms with van der Waals surface area (Å²) in [7, 11) is 3.23. The van der Waals surface area contributed by atoms with Crippen LogP contribution >= 0.6 is 22.9 Å². The zero-order chi connectivity index (χ0) is 30.7. The molecule has 7 rings (SSSR count). The summed E-state index contributed by atoms with van der Waals surface area (Å²) in [4.78, 5) is 20.1. The van der Waals surface area contributed by atoms with E-state index >= 15 is 0 Å². The van der Waals surface area contributed by atoms with Gasteiger partial charge in [0.05, 0.1) is 35.5 Å². The summed E-state index contributed by atoms with van der Waals surface area (Å²) >= 11 is 7.32. The fourth-order valence-corrected chi connectivity index (χ4v) is 7.55. The highest BCUT2D eigenvalue weighted by Crippen LogP contribution is 2.42. The van der Waals surface area contributed by atoms with E-state index in [1.807, 2.05) is 59.4 Å². The SMILES string of the molecule is COc1ccc([C@H]2C3=C(N=c4s/c(=C\c5cc(C)n(-c6ccc(Cl)c(F)c6)c5C)c(=O)n42)c2ccccc2CC3)cc1OC. The number of aromatic nitrogens is 2.